The van der Waals surface area contributed by atoms with Crippen LogP contribution in [0.4, 0.5) is 24.7 Å². The summed E-state index contributed by atoms with van der Waals surface area (Å²) >= 11 is 0. The Morgan fingerprint density at radius 2 is 1.80 bits per heavy atom. The predicted octanol–water partition coefficient (Wildman–Crippen LogP) is 4.17. The van der Waals surface area contributed by atoms with E-state index in [1.54, 1.807) is 0 Å². The maximum absolute atomic E-state index is 12.8. The number of anilines is 2. The highest BCUT2D eigenvalue weighted by atomic mass is 19.3. The molecule has 1 aliphatic carbocycles. The molecule has 0 unspecified atom stereocenters. The molecule has 1 N–H and O–H groups in total. The predicted molar refractivity (Wildman–Crippen MR) is 68.6 cm³/mol. The van der Waals surface area contributed by atoms with Crippen LogP contribution in [0.25, 0.3) is 0 Å². The summed E-state index contributed by atoms with van der Waals surface area (Å²) in [5, 5.41) is 2.90. The first-order chi connectivity index (χ1) is 9.61. The van der Waals surface area contributed by atoms with Crippen LogP contribution in [0.5, 0.6) is 0 Å². The molecule has 3 rings (SSSR count). The van der Waals surface area contributed by atoms with Gasteiger partial charge in [-0.15, -0.1) is 0 Å². The first-order valence-electron chi connectivity index (χ1n) is 6.31. The monoisotopic (exact) mass is 279 g/mol. The summed E-state index contributed by atoms with van der Waals surface area (Å²) in [6, 6.07) is 6.85. The molecule has 0 amide bonds. The number of nitrogens with one attached hydrogen (secondary N) is 1. The van der Waals surface area contributed by atoms with Crippen molar-refractivity contribution in [2.75, 3.05) is 5.32 Å². The lowest BCUT2D eigenvalue weighted by molar-refractivity contribution is 0.145. The quantitative estimate of drug-likeness (QED) is 0.912. The summed E-state index contributed by atoms with van der Waals surface area (Å²) in [5.74, 6) is 0.587. The number of halogens is 3. The minimum Gasteiger partial charge on any atom is -0.340 e. The van der Waals surface area contributed by atoms with Crippen molar-refractivity contribution in [2.24, 2.45) is 0 Å². The van der Waals surface area contributed by atoms with Crippen molar-refractivity contribution in [3.05, 3.63) is 47.7 Å². The minimum atomic E-state index is -2.63. The molecule has 1 heterocycles. The molecule has 0 bridgehead atoms. The SMILES string of the molecule is Fc1ccc(Nc2cc(C(F)F)nc(C3CC3)n2)cc1. The van der Waals surface area contributed by atoms with Gasteiger partial charge in [-0.1, -0.05) is 0 Å². The smallest absolute Gasteiger partial charge is 0.280 e. The first-order valence-corrected chi connectivity index (χ1v) is 6.31. The molecule has 3 nitrogen and oxygen atoms in total. The second-order valence-electron chi connectivity index (χ2n) is 4.74. The Kier molecular flexibility index (Phi) is 3.30. The topological polar surface area (TPSA) is 37.8 Å². The van der Waals surface area contributed by atoms with Crippen LogP contribution in [0, 0.1) is 5.82 Å². The van der Waals surface area contributed by atoms with E-state index in [1.165, 1.54) is 30.3 Å². The summed E-state index contributed by atoms with van der Waals surface area (Å²) in [6.45, 7) is 0. The van der Waals surface area contributed by atoms with Gasteiger partial charge in [-0.05, 0) is 37.1 Å². The van der Waals surface area contributed by atoms with E-state index < -0.39 is 6.43 Å². The Morgan fingerprint density at radius 1 is 1.10 bits per heavy atom. The van der Waals surface area contributed by atoms with Crippen LogP contribution < -0.4 is 5.32 Å². The van der Waals surface area contributed by atoms with E-state index in [9.17, 15) is 13.2 Å². The summed E-state index contributed by atoms with van der Waals surface area (Å²) in [6.07, 6.45) is -0.769. The number of hydrogen-bond acceptors (Lipinski definition) is 3. The third kappa shape index (κ3) is 2.89. The number of nitrogens with zero attached hydrogens (tertiary/aromatic N) is 2. The molecule has 0 atom stereocenters. The van der Waals surface area contributed by atoms with Crippen LogP contribution in [0.1, 0.15) is 36.7 Å². The molecule has 1 aromatic heterocycles. The third-order valence-electron chi connectivity index (χ3n) is 3.05. The van der Waals surface area contributed by atoms with Gasteiger partial charge in [-0.25, -0.2) is 23.1 Å². The van der Waals surface area contributed by atoms with Crippen molar-refractivity contribution >= 4 is 11.5 Å². The minimum absolute atomic E-state index is 0.183. The molecule has 0 saturated heterocycles. The molecule has 6 heteroatoms. The number of benzene rings is 1. The number of alkyl halides is 2. The number of hydrogen-bond donors (Lipinski definition) is 1. The third-order valence-corrected chi connectivity index (χ3v) is 3.05. The maximum Gasteiger partial charge on any atom is 0.280 e. The number of aromatic nitrogens is 2. The van der Waals surface area contributed by atoms with Crippen LogP contribution in [0.15, 0.2) is 30.3 Å². The zero-order chi connectivity index (χ0) is 14.1. The first kappa shape index (κ1) is 12.9. The normalized spacial score (nSPS) is 14.6. The highest BCUT2D eigenvalue weighted by molar-refractivity contribution is 5.56. The van der Waals surface area contributed by atoms with Crippen LogP contribution >= 0.6 is 0 Å². The molecular weight excluding hydrogens is 267 g/mol. The lowest BCUT2D eigenvalue weighted by Crippen LogP contribution is -2.03. The fourth-order valence-corrected chi connectivity index (χ4v) is 1.87. The van der Waals surface area contributed by atoms with Crippen molar-refractivity contribution < 1.29 is 13.2 Å². The molecular formula is C14H12F3N3. The second kappa shape index (κ2) is 5.11. The van der Waals surface area contributed by atoms with Gasteiger partial charge in [0.2, 0.25) is 0 Å². The van der Waals surface area contributed by atoms with E-state index >= 15 is 0 Å². The van der Waals surface area contributed by atoms with E-state index in [4.69, 9.17) is 0 Å². The average Bonchev–Trinajstić information content (AvgIpc) is 3.25. The summed E-state index contributed by atoms with van der Waals surface area (Å²) in [7, 11) is 0. The molecule has 1 aliphatic rings. The molecule has 2 aromatic rings. The molecule has 0 radical (unpaired) electrons. The second-order valence-corrected chi connectivity index (χ2v) is 4.74. The standard InChI is InChI=1S/C14H12F3N3/c15-9-3-5-10(6-4-9)18-12-7-11(13(16)17)19-14(20-12)8-1-2-8/h3-8,13H,1-2H2,(H,18,19,20). The van der Waals surface area contributed by atoms with E-state index in [2.05, 4.69) is 15.3 Å². The maximum atomic E-state index is 12.8. The zero-order valence-corrected chi connectivity index (χ0v) is 10.5. The Balaban J connectivity index is 1.89. The van der Waals surface area contributed by atoms with Gasteiger partial charge >= 0.3 is 0 Å². The molecule has 1 saturated carbocycles. The molecule has 1 fully saturated rings. The van der Waals surface area contributed by atoms with Gasteiger partial charge in [-0.3, -0.25) is 0 Å². The van der Waals surface area contributed by atoms with Crippen LogP contribution in [0.3, 0.4) is 0 Å². The highest BCUT2D eigenvalue weighted by Crippen LogP contribution is 2.39. The summed E-state index contributed by atoms with van der Waals surface area (Å²) < 4.78 is 38.5. The van der Waals surface area contributed by atoms with Crippen LogP contribution in [-0.4, -0.2) is 9.97 Å². The van der Waals surface area contributed by atoms with Crippen LogP contribution in [-0.2, 0) is 0 Å². The Morgan fingerprint density at radius 3 is 2.40 bits per heavy atom. The van der Waals surface area contributed by atoms with Gasteiger partial charge < -0.3 is 5.32 Å². The molecule has 104 valence electrons. The van der Waals surface area contributed by atoms with E-state index in [1.807, 2.05) is 0 Å². The van der Waals surface area contributed by atoms with Gasteiger partial charge in [0.15, 0.2) is 0 Å². The highest BCUT2D eigenvalue weighted by Gasteiger charge is 2.28. The fraction of sp³-hybridized carbons (Fsp3) is 0.286. The van der Waals surface area contributed by atoms with E-state index in [-0.39, 0.29) is 17.4 Å². The lowest BCUT2D eigenvalue weighted by atomic mass is 10.3. The molecule has 0 spiro atoms. The van der Waals surface area contributed by atoms with Gasteiger partial charge in [-0.2, -0.15) is 0 Å². The lowest BCUT2D eigenvalue weighted by Gasteiger charge is -2.09. The van der Waals surface area contributed by atoms with Crippen molar-refractivity contribution in [3.63, 3.8) is 0 Å². The van der Waals surface area contributed by atoms with Crippen molar-refractivity contribution in [2.45, 2.75) is 25.2 Å². The largest absolute Gasteiger partial charge is 0.340 e. The fourth-order valence-electron chi connectivity index (χ4n) is 1.87. The van der Waals surface area contributed by atoms with Crippen molar-refractivity contribution in [1.82, 2.24) is 9.97 Å². The van der Waals surface area contributed by atoms with Gasteiger partial charge in [0.05, 0.1) is 0 Å². The molecule has 0 aliphatic heterocycles. The number of rotatable bonds is 4. The zero-order valence-electron chi connectivity index (χ0n) is 10.5. The van der Waals surface area contributed by atoms with Crippen molar-refractivity contribution in [1.29, 1.82) is 0 Å². The van der Waals surface area contributed by atoms with Gasteiger partial charge in [0, 0.05) is 17.7 Å². The Bertz CT molecular complexity index is 589. The molecule has 1 aromatic carbocycles. The molecule has 20 heavy (non-hydrogen) atoms. The summed E-state index contributed by atoms with van der Waals surface area (Å²) in [5.41, 5.74) is 0.304. The van der Waals surface area contributed by atoms with E-state index in [0.717, 1.165) is 12.8 Å². The summed E-state index contributed by atoms with van der Waals surface area (Å²) in [4.78, 5) is 8.14. The average molecular weight is 279 g/mol. The van der Waals surface area contributed by atoms with Crippen LogP contribution in [0.2, 0.25) is 0 Å². The Labute approximate surface area is 113 Å². The van der Waals surface area contributed by atoms with Gasteiger partial charge in [0.1, 0.15) is 23.2 Å². The Hall–Kier alpha value is -2.11. The van der Waals surface area contributed by atoms with E-state index in [0.29, 0.717) is 17.3 Å². The van der Waals surface area contributed by atoms with Crippen molar-refractivity contribution in [3.8, 4) is 0 Å². The van der Waals surface area contributed by atoms with Gasteiger partial charge in [0.25, 0.3) is 6.43 Å².